The van der Waals surface area contributed by atoms with Gasteiger partial charge in [-0.2, -0.15) is 0 Å². The summed E-state index contributed by atoms with van der Waals surface area (Å²) in [6, 6.07) is 17.9. The van der Waals surface area contributed by atoms with Gasteiger partial charge < -0.3 is 4.74 Å². The van der Waals surface area contributed by atoms with E-state index in [1.807, 2.05) is 0 Å². The minimum absolute atomic E-state index is 0.142. The molecule has 1 nitrogen and oxygen atoms in total. The van der Waals surface area contributed by atoms with E-state index in [2.05, 4.69) is 104 Å². The Hall–Kier alpha value is -1.60. The Morgan fingerprint density at radius 3 is 1.21 bits per heavy atom. The van der Waals surface area contributed by atoms with Crippen molar-refractivity contribution in [2.24, 2.45) is 11.8 Å². The number of ether oxygens (including phenoxy) is 1. The molecule has 2 atom stereocenters. The second kappa shape index (κ2) is 9.94. The molecule has 2 aromatic rings. The minimum atomic E-state index is -0.142. The van der Waals surface area contributed by atoms with Crippen molar-refractivity contribution >= 4 is 0 Å². The number of hydrogen-bond donors (Lipinski definition) is 0. The van der Waals surface area contributed by atoms with Gasteiger partial charge in [-0.15, -0.1) is 0 Å². The molecule has 0 bridgehead atoms. The van der Waals surface area contributed by atoms with Crippen molar-refractivity contribution in [3.05, 3.63) is 70.8 Å². The van der Waals surface area contributed by atoms with Gasteiger partial charge in [-0.3, -0.25) is 0 Å². The predicted molar refractivity (Wildman–Crippen MR) is 127 cm³/mol. The largest absolute Gasteiger partial charge is 0.369 e. The highest BCUT2D eigenvalue weighted by atomic mass is 16.5. The Labute approximate surface area is 179 Å². The van der Waals surface area contributed by atoms with Crippen LogP contribution < -0.4 is 0 Å². The molecule has 0 aromatic heterocycles. The van der Waals surface area contributed by atoms with E-state index >= 15 is 0 Å². The quantitative estimate of drug-likeness (QED) is 0.401. The van der Waals surface area contributed by atoms with E-state index in [9.17, 15) is 0 Å². The van der Waals surface area contributed by atoms with E-state index in [1.165, 1.54) is 22.3 Å². The van der Waals surface area contributed by atoms with Gasteiger partial charge in [0.05, 0.1) is 11.2 Å². The lowest BCUT2D eigenvalue weighted by molar-refractivity contribution is -0.186. The Bertz CT molecular complexity index is 675. The molecule has 0 aliphatic carbocycles. The van der Waals surface area contributed by atoms with Gasteiger partial charge in [0.2, 0.25) is 0 Å². The summed E-state index contributed by atoms with van der Waals surface area (Å²) in [5, 5.41) is 0. The number of aryl methyl sites for hydroxylation is 4. The van der Waals surface area contributed by atoms with Crippen LogP contribution in [-0.2, 0) is 17.6 Å². The van der Waals surface area contributed by atoms with E-state index in [0.717, 1.165) is 25.7 Å². The molecule has 1 heteroatoms. The van der Waals surface area contributed by atoms with Crippen molar-refractivity contribution in [1.29, 1.82) is 0 Å². The van der Waals surface area contributed by atoms with Crippen molar-refractivity contribution < 1.29 is 4.74 Å². The molecule has 0 saturated carbocycles. The first-order chi connectivity index (χ1) is 13.5. The molecule has 0 fully saturated rings. The van der Waals surface area contributed by atoms with Crippen LogP contribution >= 0.6 is 0 Å². The van der Waals surface area contributed by atoms with Crippen molar-refractivity contribution in [1.82, 2.24) is 0 Å². The third-order valence-electron chi connectivity index (χ3n) is 6.97. The van der Waals surface area contributed by atoms with Crippen LogP contribution in [0.1, 0.15) is 76.6 Å². The summed E-state index contributed by atoms with van der Waals surface area (Å²) in [7, 11) is 0. The van der Waals surface area contributed by atoms with Gasteiger partial charge in [0.1, 0.15) is 0 Å². The number of benzene rings is 2. The maximum atomic E-state index is 7.04. The molecular weight excluding hydrogens is 352 g/mol. The highest BCUT2D eigenvalue weighted by molar-refractivity contribution is 5.22. The van der Waals surface area contributed by atoms with E-state index in [4.69, 9.17) is 4.74 Å². The smallest absolute Gasteiger partial charge is 0.0688 e. The topological polar surface area (TPSA) is 9.23 Å². The molecule has 0 spiro atoms. The fourth-order valence-corrected chi connectivity index (χ4v) is 3.74. The molecule has 0 aliphatic heterocycles. The van der Waals surface area contributed by atoms with Crippen LogP contribution in [0, 0.1) is 25.7 Å². The monoisotopic (exact) mass is 394 g/mol. The number of rotatable bonds is 10. The first kappa shape index (κ1) is 23.7. The van der Waals surface area contributed by atoms with Crippen molar-refractivity contribution in [2.75, 3.05) is 0 Å². The molecule has 0 heterocycles. The van der Waals surface area contributed by atoms with Crippen molar-refractivity contribution in [2.45, 2.75) is 92.3 Å². The highest BCUT2D eigenvalue weighted by Crippen LogP contribution is 2.38. The second-order valence-corrected chi connectivity index (χ2v) is 10.0. The summed E-state index contributed by atoms with van der Waals surface area (Å²) in [6.45, 7) is 18.1. The van der Waals surface area contributed by atoms with Gasteiger partial charge in [-0.25, -0.2) is 0 Å². The van der Waals surface area contributed by atoms with Crippen LogP contribution in [0.15, 0.2) is 48.5 Å². The van der Waals surface area contributed by atoms with Crippen LogP contribution in [0.3, 0.4) is 0 Å². The van der Waals surface area contributed by atoms with Gasteiger partial charge in [-0.05, 0) is 76.3 Å². The molecule has 2 unspecified atom stereocenters. The average Bonchev–Trinajstić information content (AvgIpc) is 2.67. The Morgan fingerprint density at radius 2 is 0.931 bits per heavy atom. The maximum absolute atomic E-state index is 7.04. The molecule has 0 saturated heterocycles. The maximum Gasteiger partial charge on any atom is 0.0688 e. The van der Waals surface area contributed by atoms with E-state index in [0.29, 0.717) is 11.8 Å². The highest BCUT2D eigenvalue weighted by Gasteiger charge is 2.39. The summed E-state index contributed by atoms with van der Waals surface area (Å²) < 4.78 is 7.04. The van der Waals surface area contributed by atoms with Gasteiger partial charge in [0.25, 0.3) is 0 Å². The van der Waals surface area contributed by atoms with Crippen LogP contribution in [0.4, 0.5) is 0 Å². The van der Waals surface area contributed by atoms with Crippen molar-refractivity contribution in [3.8, 4) is 0 Å². The van der Waals surface area contributed by atoms with Crippen molar-refractivity contribution in [3.63, 3.8) is 0 Å². The first-order valence-electron chi connectivity index (χ1n) is 11.4. The summed E-state index contributed by atoms with van der Waals surface area (Å²) in [6.07, 6.45) is 4.20. The molecule has 0 N–H and O–H groups in total. The predicted octanol–water partition coefficient (Wildman–Crippen LogP) is 7.71. The summed E-state index contributed by atoms with van der Waals surface area (Å²) in [5.74, 6) is 0.927. The zero-order chi connectivity index (χ0) is 21.7. The summed E-state index contributed by atoms with van der Waals surface area (Å²) >= 11 is 0. The molecule has 160 valence electrons. The second-order valence-electron chi connectivity index (χ2n) is 10.0. The first-order valence-corrected chi connectivity index (χ1v) is 11.4. The van der Waals surface area contributed by atoms with E-state index < -0.39 is 0 Å². The number of hydrogen-bond acceptors (Lipinski definition) is 1. The average molecular weight is 395 g/mol. The fourth-order valence-electron chi connectivity index (χ4n) is 3.74. The minimum Gasteiger partial charge on any atom is -0.369 e. The summed E-state index contributed by atoms with van der Waals surface area (Å²) in [5.41, 5.74) is 5.16. The SMILES string of the molecule is Cc1ccc(CCC(C)(OC(C)(CCc2ccc(C)cc2)C(C)C)C(C)C)cc1. The Kier molecular flexibility index (Phi) is 8.11. The third-order valence-corrected chi connectivity index (χ3v) is 6.97. The van der Waals surface area contributed by atoms with Gasteiger partial charge in [0, 0.05) is 0 Å². The zero-order valence-electron chi connectivity index (χ0n) is 20.0. The van der Waals surface area contributed by atoms with Gasteiger partial charge in [-0.1, -0.05) is 87.4 Å². The van der Waals surface area contributed by atoms with Crippen LogP contribution in [0.5, 0.6) is 0 Å². The molecule has 2 rings (SSSR count). The molecule has 0 radical (unpaired) electrons. The van der Waals surface area contributed by atoms with E-state index in [-0.39, 0.29) is 11.2 Å². The lowest BCUT2D eigenvalue weighted by atomic mass is 9.81. The fraction of sp³-hybridized carbons (Fsp3) is 0.571. The molecule has 29 heavy (non-hydrogen) atoms. The lowest BCUT2D eigenvalue weighted by Gasteiger charge is -2.45. The molecular formula is C28H42O. The Balaban J connectivity index is 2.11. The normalized spacial score (nSPS) is 16.1. The standard InChI is InChI=1S/C28H42O/c1-21(2)27(7,19-17-25-13-9-23(5)10-14-25)29-28(8,22(3)4)20-18-26-15-11-24(6)12-16-26/h9-16,21-22H,17-20H2,1-8H3. The summed E-state index contributed by atoms with van der Waals surface area (Å²) in [4.78, 5) is 0. The third kappa shape index (κ3) is 6.71. The molecule has 0 amide bonds. The van der Waals surface area contributed by atoms with Crippen LogP contribution in [-0.4, -0.2) is 11.2 Å². The molecule has 2 aromatic carbocycles. The van der Waals surface area contributed by atoms with Gasteiger partial charge >= 0.3 is 0 Å². The van der Waals surface area contributed by atoms with Crippen LogP contribution in [0.2, 0.25) is 0 Å². The van der Waals surface area contributed by atoms with Gasteiger partial charge in [0.15, 0.2) is 0 Å². The van der Waals surface area contributed by atoms with E-state index in [1.54, 1.807) is 0 Å². The van der Waals surface area contributed by atoms with Crippen LogP contribution in [0.25, 0.3) is 0 Å². The molecule has 0 aliphatic rings. The Morgan fingerprint density at radius 1 is 0.621 bits per heavy atom. The lowest BCUT2D eigenvalue weighted by Crippen LogP contribution is -2.47. The zero-order valence-corrected chi connectivity index (χ0v) is 20.0.